The molecular weight excluding hydrogens is 1250 g/mol. The van der Waals surface area contributed by atoms with E-state index in [4.69, 9.17) is 9.47 Å². The zero-order valence-electron chi connectivity index (χ0n) is 54.3. The molecule has 3 aliphatic rings. The van der Waals surface area contributed by atoms with Crippen molar-refractivity contribution in [3.05, 3.63) is 167 Å². The van der Waals surface area contributed by atoms with Gasteiger partial charge < -0.3 is 44.4 Å². The maximum absolute atomic E-state index is 14.2. The number of nitrogens with zero attached hydrogens (tertiary/aromatic N) is 7. The van der Waals surface area contributed by atoms with Gasteiger partial charge >= 0.3 is 12.1 Å². The summed E-state index contributed by atoms with van der Waals surface area (Å²) in [5, 5.41) is 27.0. The number of aromatic carboxylic acids is 1. The van der Waals surface area contributed by atoms with E-state index in [0.29, 0.717) is 44.4 Å². The number of Topliss-reactive ketones (excluding diaryl/α,β-unsaturated/α-hetero) is 3. The van der Waals surface area contributed by atoms with Gasteiger partial charge in [0.25, 0.3) is 11.8 Å². The minimum atomic E-state index is -1.55. The molecule has 0 spiro atoms. The number of aliphatic hydroxyl groups excluding tert-OH is 1. The van der Waals surface area contributed by atoms with E-state index in [1.165, 1.54) is 44.0 Å². The average Bonchev–Trinajstić information content (AvgIpc) is 1.59. The van der Waals surface area contributed by atoms with Crippen LogP contribution in [0.4, 0.5) is 16.3 Å². The van der Waals surface area contributed by atoms with Gasteiger partial charge in [-0.25, -0.2) is 19.5 Å². The van der Waals surface area contributed by atoms with Crippen molar-refractivity contribution in [1.82, 2.24) is 33.8 Å². The van der Waals surface area contributed by atoms with E-state index in [9.17, 15) is 63.0 Å². The van der Waals surface area contributed by atoms with Crippen LogP contribution in [0, 0.1) is 18.8 Å². The first-order valence-electron chi connectivity index (χ1n) is 31.5. The molecular formula is C71H75N9O15S. The number of ketones is 3. The van der Waals surface area contributed by atoms with E-state index in [2.05, 4.69) is 22.2 Å². The molecule has 1 unspecified atom stereocenters. The van der Waals surface area contributed by atoms with Gasteiger partial charge in [0.2, 0.25) is 29.4 Å². The number of imidazole rings is 1. The largest absolute Gasteiger partial charge is 0.493 e. The lowest BCUT2D eigenvalue weighted by Gasteiger charge is -2.31. The van der Waals surface area contributed by atoms with Gasteiger partial charge in [-0.2, -0.15) is 11.8 Å². The summed E-state index contributed by atoms with van der Waals surface area (Å²) in [5.41, 5.74) is 5.98. The number of amides is 6. The fourth-order valence-corrected chi connectivity index (χ4v) is 12.8. The molecule has 0 radical (unpaired) electrons. The summed E-state index contributed by atoms with van der Waals surface area (Å²) in [6.07, 6.45) is 4.55. The highest BCUT2D eigenvalue weighted by Gasteiger charge is 2.46. The summed E-state index contributed by atoms with van der Waals surface area (Å²) >= 11 is 1.29. The lowest BCUT2D eigenvalue weighted by Crippen LogP contribution is -2.50. The number of aryl methyl sites for hydroxylation is 3. The maximum atomic E-state index is 14.2. The van der Waals surface area contributed by atoms with Gasteiger partial charge in [-0.3, -0.25) is 52.6 Å². The number of carbonyl (C=O) groups is 11. The molecule has 2 saturated heterocycles. The third-order valence-corrected chi connectivity index (χ3v) is 18.6. The maximum Gasteiger partial charge on any atom is 0.416 e. The molecule has 96 heavy (non-hydrogen) atoms. The number of hydrogen-bond donors (Lipinski definition) is 4. The fourth-order valence-electron chi connectivity index (χ4n) is 12.2. The van der Waals surface area contributed by atoms with E-state index < -0.39 is 59.3 Å². The van der Waals surface area contributed by atoms with Crippen LogP contribution in [0.15, 0.2) is 122 Å². The fraction of sp³-hybridized carbons (Fsp3) is 0.352. The predicted octanol–water partition coefficient (Wildman–Crippen LogP) is 8.27. The quantitative estimate of drug-likeness (QED) is 0.0171. The number of carboxylic acid groups (broad SMARTS) is 1. The molecule has 4 N–H and O–H groups in total. The molecule has 25 heteroatoms. The second-order valence-corrected chi connectivity index (χ2v) is 26.0. The molecule has 6 heterocycles. The summed E-state index contributed by atoms with van der Waals surface area (Å²) in [4.78, 5) is 153. The molecule has 0 saturated carbocycles. The zero-order chi connectivity index (χ0) is 69.0. The summed E-state index contributed by atoms with van der Waals surface area (Å²) < 4.78 is 16.7. The Morgan fingerprint density at radius 1 is 0.823 bits per heavy atom. The number of carboxylic acids is 1. The highest BCUT2D eigenvalue weighted by atomic mass is 32.2. The number of hydrogen-bond acceptors (Lipinski definition) is 16. The SMILES string of the molecule is C=C1C[C@H]2[C@H](O)N(C(=O)OCc3ccc(CC(=O)[C@H](C)NC(=O)[C@@H](CC(=O)CCN4C(=O)CC(SC)C4=O)C(C)C)cc3)c3cc(OCCCC(=O)Nc4cn(C)c(C(=O)Cc5ccc(-c6cc(C(=O)n7ccc8cc(C(=O)O)ccc87)n(C)c6)cc5)n4)c(C)cc3C(=O)N2C1. The van der Waals surface area contributed by atoms with Crippen LogP contribution in [-0.4, -0.2) is 153 Å². The number of rotatable bonds is 26. The van der Waals surface area contributed by atoms with Crippen LogP contribution in [-0.2, 0) is 67.0 Å². The van der Waals surface area contributed by atoms with Gasteiger partial charge in [-0.05, 0) is 103 Å². The van der Waals surface area contributed by atoms with Gasteiger partial charge in [0, 0.05) is 107 Å². The number of nitrogens with one attached hydrogen (secondary N) is 2. The number of ether oxygens (including phenoxy) is 2. The van der Waals surface area contributed by atoms with Crippen LogP contribution in [0.25, 0.3) is 22.0 Å². The highest BCUT2D eigenvalue weighted by molar-refractivity contribution is 8.00. The Bertz CT molecular complexity index is 4280. The van der Waals surface area contributed by atoms with Crippen molar-refractivity contribution in [3.63, 3.8) is 0 Å². The van der Waals surface area contributed by atoms with Crippen molar-refractivity contribution >= 4 is 99.0 Å². The van der Waals surface area contributed by atoms with Gasteiger partial charge in [-0.15, -0.1) is 0 Å². The molecule has 24 nitrogen and oxygen atoms in total. The van der Waals surface area contributed by atoms with Crippen molar-refractivity contribution in [1.29, 1.82) is 0 Å². The smallest absolute Gasteiger partial charge is 0.416 e. The van der Waals surface area contributed by atoms with Crippen molar-refractivity contribution in [3.8, 4) is 16.9 Å². The van der Waals surface area contributed by atoms with E-state index in [0.717, 1.165) is 20.9 Å². The molecule has 10 rings (SSSR count). The van der Waals surface area contributed by atoms with E-state index in [1.54, 1.807) is 114 Å². The molecule has 7 aromatic rings. The summed E-state index contributed by atoms with van der Waals surface area (Å²) in [6.45, 7) is 10.8. The Kier molecular flexibility index (Phi) is 20.8. The van der Waals surface area contributed by atoms with Crippen molar-refractivity contribution < 1.29 is 72.4 Å². The third kappa shape index (κ3) is 15.1. The molecule has 6 amide bonds. The number of imide groups is 1. The van der Waals surface area contributed by atoms with Crippen molar-refractivity contribution in [2.75, 3.05) is 36.2 Å². The molecule has 4 aromatic carbocycles. The van der Waals surface area contributed by atoms with Crippen molar-refractivity contribution in [2.24, 2.45) is 25.9 Å². The Morgan fingerprint density at radius 2 is 1.53 bits per heavy atom. The minimum Gasteiger partial charge on any atom is -0.493 e. The number of likely N-dealkylation sites (tertiary alicyclic amines) is 1. The van der Waals surface area contributed by atoms with Gasteiger partial charge in [0.1, 0.15) is 23.8 Å². The monoisotopic (exact) mass is 1330 g/mol. The first kappa shape index (κ1) is 68.6. The van der Waals surface area contributed by atoms with Crippen LogP contribution in [0.1, 0.15) is 123 Å². The first-order chi connectivity index (χ1) is 45.8. The number of aliphatic hydroxyl groups is 1. The lowest BCUT2D eigenvalue weighted by atomic mass is 9.88. The number of fused-ring (bicyclic) bond motifs is 3. The van der Waals surface area contributed by atoms with Crippen LogP contribution < -0.4 is 20.3 Å². The normalized spacial score (nSPS) is 16.7. The zero-order valence-corrected chi connectivity index (χ0v) is 55.1. The Morgan fingerprint density at radius 3 is 2.23 bits per heavy atom. The lowest BCUT2D eigenvalue weighted by molar-refractivity contribution is -0.139. The second kappa shape index (κ2) is 29.2. The summed E-state index contributed by atoms with van der Waals surface area (Å²) in [7, 11) is 3.41. The molecule has 3 aromatic heterocycles. The number of anilines is 2. The predicted molar refractivity (Wildman–Crippen MR) is 356 cm³/mol. The third-order valence-electron chi connectivity index (χ3n) is 17.7. The van der Waals surface area contributed by atoms with E-state index in [-0.39, 0.29) is 153 Å². The molecule has 5 atom stereocenters. The molecule has 2 fully saturated rings. The first-order valence-corrected chi connectivity index (χ1v) is 32.8. The average molecular weight is 1330 g/mol. The van der Waals surface area contributed by atoms with Gasteiger partial charge in [0.15, 0.2) is 23.7 Å². The number of benzene rings is 4. The summed E-state index contributed by atoms with van der Waals surface area (Å²) in [5.74, 6) is -4.54. The Balaban J connectivity index is 0.702. The molecule has 0 bridgehead atoms. The second-order valence-electron chi connectivity index (χ2n) is 24.9. The highest BCUT2D eigenvalue weighted by Crippen LogP contribution is 2.40. The van der Waals surface area contributed by atoms with Crippen LogP contribution in [0.2, 0.25) is 0 Å². The topological polar surface area (TPSA) is 308 Å². The molecule has 3 aliphatic heterocycles. The van der Waals surface area contributed by atoms with Crippen LogP contribution in [0.5, 0.6) is 5.75 Å². The summed E-state index contributed by atoms with van der Waals surface area (Å²) in [6, 6.07) is 23.5. The Labute approximate surface area is 557 Å². The van der Waals surface area contributed by atoms with Crippen LogP contribution >= 0.6 is 11.8 Å². The van der Waals surface area contributed by atoms with E-state index in [1.807, 2.05) is 30.5 Å². The van der Waals surface area contributed by atoms with Gasteiger partial charge in [0.05, 0.1) is 46.3 Å². The number of carbonyl (C=O) groups excluding carboxylic acids is 10. The molecule has 500 valence electrons. The standard InChI is InChI=1S/C71H75N9O15S/c1-39(2)51(32-50(81)22-24-78-63(85)34-60(96-8)69(78)90)65(86)72-42(5)57(82)28-43-11-13-45(14-12-43)38-95-71(93)80-54-33-59(41(4)27-52(54)66(87)79-35-40(3)26-56(79)68(80)89)94-25-9-10-62(84)73-61-37-76(7)64(74-61)58(83)29-44-15-17-46(18-16-44)49-31-55(75(6)36-49)67(88)77-23-21-47-30-48(70(91)92)19-20-53(47)77/h11-21,23,27,30-31,33,36-37,39,42,51,56,60,68,89H,3,9-10,22,24-26,28-29,32,34-35,38H2,1-2,4-8H3,(H,72,86)(H,73,84)(H,91,92)/t42-,51-,56-,60?,68-/m0/s1. The molecule has 0 aliphatic carbocycles. The van der Waals surface area contributed by atoms with E-state index >= 15 is 0 Å². The van der Waals surface area contributed by atoms with Crippen molar-refractivity contribution in [2.45, 2.75) is 109 Å². The van der Waals surface area contributed by atoms with Crippen LogP contribution in [0.3, 0.4) is 0 Å². The van der Waals surface area contributed by atoms with Gasteiger partial charge in [-0.1, -0.05) is 74.5 Å². The Hall–Kier alpha value is -10.3. The number of aromatic nitrogens is 4. The minimum absolute atomic E-state index is 0.00251. The number of thioether (sulfide) groups is 1.